The van der Waals surface area contributed by atoms with Gasteiger partial charge in [0.15, 0.2) is 0 Å². The molecule has 1 aliphatic heterocycles. The summed E-state index contributed by atoms with van der Waals surface area (Å²) in [4.78, 5) is 16.8. The van der Waals surface area contributed by atoms with Gasteiger partial charge in [-0.3, -0.25) is 4.79 Å². The van der Waals surface area contributed by atoms with Crippen LogP contribution in [0.15, 0.2) is 48.5 Å². The van der Waals surface area contributed by atoms with Gasteiger partial charge in [0.05, 0.1) is 11.4 Å². The fourth-order valence-corrected chi connectivity index (χ4v) is 2.65. The molecule has 2 aromatic carbocycles. The Bertz CT molecular complexity index is 651. The number of rotatable bonds is 1. The van der Waals surface area contributed by atoms with Crippen molar-refractivity contribution in [2.75, 3.05) is 29.9 Å². The first-order chi connectivity index (χ1) is 9.66. The normalized spacial score (nSPS) is 14.1. The van der Waals surface area contributed by atoms with Gasteiger partial charge in [-0.1, -0.05) is 29.8 Å². The van der Waals surface area contributed by atoms with E-state index in [1.165, 1.54) is 0 Å². The van der Waals surface area contributed by atoms with E-state index in [4.69, 9.17) is 0 Å². The number of carbonyl (C=O) groups excluding carboxylic acids is 1. The Morgan fingerprint density at radius 3 is 2.50 bits per heavy atom. The van der Waals surface area contributed by atoms with Gasteiger partial charge < -0.3 is 9.80 Å². The number of hydrogen-bond acceptors (Lipinski definition) is 2. The maximum absolute atomic E-state index is 12.7. The van der Waals surface area contributed by atoms with Crippen molar-refractivity contribution in [3.63, 3.8) is 0 Å². The number of fused-ring (bicyclic) bond motifs is 1. The minimum Gasteiger partial charge on any atom is -0.371 e. The molecule has 0 aromatic heterocycles. The van der Waals surface area contributed by atoms with Crippen LogP contribution in [0.25, 0.3) is 0 Å². The Labute approximate surface area is 119 Å². The lowest BCUT2D eigenvalue weighted by molar-refractivity contribution is 0.0986. The van der Waals surface area contributed by atoms with E-state index in [9.17, 15) is 4.79 Å². The maximum Gasteiger partial charge on any atom is 0.258 e. The van der Waals surface area contributed by atoms with Crippen LogP contribution in [0.2, 0.25) is 0 Å². The molecule has 1 amide bonds. The summed E-state index contributed by atoms with van der Waals surface area (Å²) in [6.07, 6.45) is 0. The second-order valence-electron chi connectivity index (χ2n) is 5.24. The standard InChI is InChI=1S/C17H18N2O/c1-13-6-5-7-14(12-13)17(20)19-11-10-18(2)15-8-3-4-9-16(15)19/h3-9,12H,10-11H2,1-2H3. The number of likely N-dealkylation sites (N-methyl/N-ethyl adjacent to an activating group) is 1. The van der Waals surface area contributed by atoms with Crippen molar-refractivity contribution in [2.45, 2.75) is 6.92 Å². The van der Waals surface area contributed by atoms with Gasteiger partial charge in [0.25, 0.3) is 5.91 Å². The number of para-hydroxylation sites is 2. The first kappa shape index (κ1) is 12.7. The number of benzene rings is 2. The molecule has 0 fully saturated rings. The van der Waals surface area contributed by atoms with E-state index < -0.39 is 0 Å². The van der Waals surface area contributed by atoms with Crippen LogP contribution in [-0.2, 0) is 0 Å². The van der Waals surface area contributed by atoms with E-state index in [1.54, 1.807) is 0 Å². The Kier molecular flexibility index (Phi) is 3.18. The summed E-state index contributed by atoms with van der Waals surface area (Å²) in [6.45, 7) is 3.59. The van der Waals surface area contributed by atoms with Crippen molar-refractivity contribution in [3.8, 4) is 0 Å². The third-order valence-electron chi connectivity index (χ3n) is 3.75. The largest absolute Gasteiger partial charge is 0.371 e. The predicted octanol–water partition coefficient (Wildman–Crippen LogP) is 3.09. The molecule has 0 N–H and O–H groups in total. The summed E-state index contributed by atoms with van der Waals surface area (Å²) < 4.78 is 0. The third-order valence-corrected chi connectivity index (χ3v) is 3.75. The van der Waals surface area contributed by atoms with Crippen molar-refractivity contribution in [2.24, 2.45) is 0 Å². The number of hydrogen-bond donors (Lipinski definition) is 0. The molecule has 1 heterocycles. The van der Waals surface area contributed by atoms with Crippen LogP contribution >= 0.6 is 0 Å². The average molecular weight is 266 g/mol. The highest BCUT2D eigenvalue weighted by Gasteiger charge is 2.25. The first-order valence-corrected chi connectivity index (χ1v) is 6.85. The molecule has 3 rings (SSSR count). The minimum atomic E-state index is 0.0780. The molecule has 0 unspecified atom stereocenters. The van der Waals surface area contributed by atoms with Gasteiger partial charge in [-0.25, -0.2) is 0 Å². The molecule has 2 aromatic rings. The summed E-state index contributed by atoms with van der Waals surface area (Å²) in [7, 11) is 2.06. The van der Waals surface area contributed by atoms with E-state index in [0.29, 0.717) is 0 Å². The van der Waals surface area contributed by atoms with Crippen LogP contribution in [-0.4, -0.2) is 26.0 Å². The van der Waals surface area contributed by atoms with E-state index in [0.717, 1.165) is 35.6 Å². The Morgan fingerprint density at radius 1 is 1.00 bits per heavy atom. The Morgan fingerprint density at radius 2 is 1.75 bits per heavy atom. The average Bonchev–Trinajstić information content (AvgIpc) is 2.47. The molecule has 3 heteroatoms. The molecule has 0 spiro atoms. The van der Waals surface area contributed by atoms with Crippen LogP contribution in [0.4, 0.5) is 11.4 Å². The zero-order valence-corrected chi connectivity index (χ0v) is 11.8. The van der Waals surface area contributed by atoms with Gasteiger partial charge in [0.2, 0.25) is 0 Å². The maximum atomic E-state index is 12.7. The number of anilines is 2. The zero-order valence-electron chi connectivity index (χ0n) is 11.8. The monoisotopic (exact) mass is 266 g/mol. The zero-order chi connectivity index (χ0) is 14.1. The number of carbonyl (C=O) groups is 1. The summed E-state index contributed by atoms with van der Waals surface area (Å²) in [6, 6.07) is 15.8. The van der Waals surface area contributed by atoms with Gasteiger partial charge in [0.1, 0.15) is 0 Å². The molecule has 20 heavy (non-hydrogen) atoms. The van der Waals surface area contributed by atoms with Gasteiger partial charge in [-0.15, -0.1) is 0 Å². The van der Waals surface area contributed by atoms with Crippen LogP contribution < -0.4 is 9.80 Å². The van der Waals surface area contributed by atoms with E-state index in [1.807, 2.05) is 54.3 Å². The molecule has 102 valence electrons. The third kappa shape index (κ3) is 2.16. The summed E-state index contributed by atoms with van der Waals surface area (Å²) in [5, 5.41) is 0. The summed E-state index contributed by atoms with van der Waals surface area (Å²) >= 11 is 0. The summed E-state index contributed by atoms with van der Waals surface area (Å²) in [5.74, 6) is 0.0780. The molecular weight excluding hydrogens is 248 g/mol. The predicted molar refractivity (Wildman–Crippen MR) is 82.6 cm³/mol. The highest BCUT2D eigenvalue weighted by molar-refractivity contribution is 6.08. The lowest BCUT2D eigenvalue weighted by Crippen LogP contribution is -2.42. The highest BCUT2D eigenvalue weighted by Crippen LogP contribution is 2.32. The lowest BCUT2D eigenvalue weighted by atomic mass is 10.1. The van der Waals surface area contributed by atoms with Crippen LogP contribution in [0.5, 0.6) is 0 Å². The molecule has 3 nitrogen and oxygen atoms in total. The molecule has 0 bridgehead atoms. The van der Waals surface area contributed by atoms with Crippen molar-refractivity contribution in [1.29, 1.82) is 0 Å². The molecule has 0 saturated carbocycles. The quantitative estimate of drug-likeness (QED) is 0.792. The number of amides is 1. The SMILES string of the molecule is Cc1cccc(C(=O)N2CCN(C)c3ccccc32)c1. The molecule has 0 saturated heterocycles. The van der Waals surface area contributed by atoms with Crippen LogP contribution in [0.1, 0.15) is 15.9 Å². The van der Waals surface area contributed by atoms with Crippen molar-refractivity contribution >= 4 is 17.3 Å². The van der Waals surface area contributed by atoms with Crippen LogP contribution in [0.3, 0.4) is 0 Å². The van der Waals surface area contributed by atoms with Crippen molar-refractivity contribution in [1.82, 2.24) is 0 Å². The highest BCUT2D eigenvalue weighted by atomic mass is 16.2. The second kappa shape index (κ2) is 5.00. The fraction of sp³-hybridized carbons (Fsp3) is 0.235. The van der Waals surface area contributed by atoms with E-state index in [2.05, 4.69) is 18.0 Å². The van der Waals surface area contributed by atoms with Gasteiger partial charge >= 0.3 is 0 Å². The number of aryl methyl sites for hydroxylation is 1. The molecular formula is C17H18N2O. The molecule has 1 aliphatic rings. The molecule has 0 atom stereocenters. The topological polar surface area (TPSA) is 23.6 Å². The van der Waals surface area contributed by atoms with Gasteiger partial charge in [-0.05, 0) is 31.2 Å². The van der Waals surface area contributed by atoms with Crippen molar-refractivity contribution in [3.05, 3.63) is 59.7 Å². The minimum absolute atomic E-state index is 0.0780. The van der Waals surface area contributed by atoms with Gasteiger partial charge in [0, 0.05) is 25.7 Å². The number of nitrogens with zero attached hydrogens (tertiary/aromatic N) is 2. The second-order valence-corrected chi connectivity index (χ2v) is 5.24. The fourth-order valence-electron chi connectivity index (χ4n) is 2.65. The van der Waals surface area contributed by atoms with E-state index >= 15 is 0 Å². The first-order valence-electron chi connectivity index (χ1n) is 6.85. The Hall–Kier alpha value is -2.29. The van der Waals surface area contributed by atoms with Crippen LogP contribution in [0, 0.1) is 6.92 Å². The van der Waals surface area contributed by atoms with Gasteiger partial charge in [-0.2, -0.15) is 0 Å². The lowest BCUT2D eigenvalue weighted by Gasteiger charge is -2.35. The van der Waals surface area contributed by atoms with Crippen molar-refractivity contribution < 1.29 is 4.79 Å². The molecule has 0 aliphatic carbocycles. The molecule has 0 radical (unpaired) electrons. The summed E-state index contributed by atoms with van der Waals surface area (Å²) in [5.41, 5.74) is 3.97. The van der Waals surface area contributed by atoms with E-state index in [-0.39, 0.29) is 5.91 Å². The smallest absolute Gasteiger partial charge is 0.258 e. The Balaban J connectivity index is 1.99.